The first kappa shape index (κ1) is 14.0. The minimum absolute atomic E-state index is 0.743. The van der Waals surface area contributed by atoms with E-state index in [9.17, 15) is 0 Å². The maximum absolute atomic E-state index is 4.52. The predicted molar refractivity (Wildman–Crippen MR) is 79.1 cm³/mol. The molecule has 18 heavy (non-hydrogen) atoms. The van der Waals surface area contributed by atoms with Gasteiger partial charge in [0.15, 0.2) is 0 Å². The highest BCUT2D eigenvalue weighted by Crippen LogP contribution is 2.29. The molecule has 2 atom stereocenters. The van der Waals surface area contributed by atoms with Crippen molar-refractivity contribution in [3.63, 3.8) is 0 Å². The maximum atomic E-state index is 4.52. The summed E-state index contributed by atoms with van der Waals surface area (Å²) in [5.41, 5.74) is 1.16. The second kappa shape index (κ2) is 6.67. The van der Waals surface area contributed by atoms with Crippen molar-refractivity contribution in [2.75, 3.05) is 6.54 Å². The Morgan fingerprint density at radius 2 is 2.28 bits per heavy atom. The molecule has 1 N–H and O–H groups in total. The van der Waals surface area contributed by atoms with Gasteiger partial charge in [0.25, 0.3) is 0 Å². The molecule has 2 nitrogen and oxygen atoms in total. The first-order chi connectivity index (χ1) is 8.65. The van der Waals surface area contributed by atoms with Gasteiger partial charge in [-0.2, -0.15) is 0 Å². The summed E-state index contributed by atoms with van der Waals surface area (Å²) in [6.07, 6.45) is 6.65. The summed E-state index contributed by atoms with van der Waals surface area (Å²) in [5.74, 6) is 1.77. The molecule has 0 aliphatic heterocycles. The standard InChI is InChI=1S/C15H26N2S/c1-11(2)13-5-4-6-14(9-13)16-8-7-15-17-12(3)10-18-15/h10-11,13-14,16H,4-9H2,1-3H3. The van der Waals surface area contributed by atoms with Crippen LogP contribution in [0.25, 0.3) is 0 Å². The van der Waals surface area contributed by atoms with Crippen molar-refractivity contribution in [3.05, 3.63) is 16.1 Å². The molecule has 0 amide bonds. The number of aromatic nitrogens is 1. The zero-order valence-corrected chi connectivity index (χ0v) is 12.7. The van der Waals surface area contributed by atoms with E-state index in [2.05, 4.69) is 36.5 Å². The van der Waals surface area contributed by atoms with E-state index in [-0.39, 0.29) is 0 Å². The first-order valence-electron chi connectivity index (χ1n) is 7.29. The van der Waals surface area contributed by atoms with E-state index < -0.39 is 0 Å². The van der Waals surface area contributed by atoms with E-state index in [1.165, 1.54) is 30.7 Å². The van der Waals surface area contributed by atoms with Crippen LogP contribution in [0.3, 0.4) is 0 Å². The topological polar surface area (TPSA) is 24.9 Å². The van der Waals surface area contributed by atoms with Crippen LogP contribution in [0.5, 0.6) is 0 Å². The van der Waals surface area contributed by atoms with Gasteiger partial charge in [-0.3, -0.25) is 0 Å². The summed E-state index contributed by atoms with van der Waals surface area (Å²) in [6, 6.07) is 0.743. The van der Waals surface area contributed by atoms with Gasteiger partial charge in [0.1, 0.15) is 0 Å². The first-order valence-corrected chi connectivity index (χ1v) is 8.17. The fourth-order valence-electron chi connectivity index (χ4n) is 2.92. The Bertz CT molecular complexity index is 359. The summed E-state index contributed by atoms with van der Waals surface area (Å²) in [4.78, 5) is 4.52. The summed E-state index contributed by atoms with van der Waals surface area (Å²) in [6.45, 7) is 7.89. The number of hydrogen-bond donors (Lipinski definition) is 1. The fraction of sp³-hybridized carbons (Fsp3) is 0.800. The van der Waals surface area contributed by atoms with Gasteiger partial charge >= 0.3 is 0 Å². The SMILES string of the molecule is Cc1csc(CCNC2CCCC(C(C)C)C2)n1. The molecular weight excluding hydrogens is 240 g/mol. The van der Waals surface area contributed by atoms with Crippen molar-refractivity contribution in [1.29, 1.82) is 0 Å². The molecule has 1 aliphatic carbocycles. The zero-order valence-electron chi connectivity index (χ0n) is 11.9. The highest BCUT2D eigenvalue weighted by Gasteiger charge is 2.23. The van der Waals surface area contributed by atoms with Gasteiger partial charge in [-0.05, 0) is 31.6 Å². The minimum Gasteiger partial charge on any atom is -0.314 e. The highest BCUT2D eigenvalue weighted by atomic mass is 32.1. The van der Waals surface area contributed by atoms with Gasteiger partial charge in [0.2, 0.25) is 0 Å². The lowest BCUT2D eigenvalue weighted by Gasteiger charge is -2.32. The van der Waals surface area contributed by atoms with E-state index in [1.807, 2.05) is 0 Å². The molecule has 1 heterocycles. The van der Waals surface area contributed by atoms with Crippen LogP contribution in [-0.2, 0) is 6.42 Å². The Morgan fingerprint density at radius 3 is 2.94 bits per heavy atom. The van der Waals surface area contributed by atoms with Crippen molar-refractivity contribution in [1.82, 2.24) is 10.3 Å². The van der Waals surface area contributed by atoms with Gasteiger partial charge in [-0.25, -0.2) is 4.98 Å². The molecule has 0 radical (unpaired) electrons. The maximum Gasteiger partial charge on any atom is 0.0940 e. The third kappa shape index (κ3) is 4.06. The van der Waals surface area contributed by atoms with Gasteiger partial charge in [-0.15, -0.1) is 11.3 Å². The molecule has 1 fully saturated rings. The molecule has 1 aromatic heterocycles. The molecule has 0 spiro atoms. The van der Waals surface area contributed by atoms with Crippen LogP contribution in [0.1, 0.15) is 50.2 Å². The lowest BCUT2D eigenvalue weighted by atomic mass is 9.79. The molecule has 0 saturated heterocycles. The van der Waals surface area contributed by atoms with E-state index in [0.717, 1.165) is 36.5 Å². The van der Waals surface area contributed by atoms with Crippen LogP contribution in [0, 0.1) is 18.8 Å². The largest absolute Gasteiger partial charge is 0.314 e. The number of thiazole rings is 1. The zero-order chi connectivity index (χ0) is 13.0. The highest BCUT2D eigenvalue weighted by molar-refractivity contribution is 7.09. The summed E-state index contributed by atoms with van der Waals surface area (Å²) in [5, 5.41) is 7.15. The molecule has 1 saturated carbocycles. The quantitative estimate of drug-likeness (QED) is 0.877. The molecule has 102 valence electrons. The Balaban J connectivity index is 1.70. The van der Waals surface area contributed by atoms with E-state index in [1.54, 1.807) is 11.3 Å². The number of nitrogens with zero attached hydrogens (tertiary/aromatic N) is 1. The predicted octanol–water partition coefficient (Wildman–Crippen LogP) is 3.80. The molecule has 0 bridgehead atoms. The Kier molecular flexibility index (Phi) is 5.19. The van der Waals surface area contributed by atoms with Crippen LogP contribution in [0.15, 0.2) is 5.38 Å². The van der Waals surface area contributed by atoms with Crippen LogP contribution in [-0.4, -0.2) is 17.6 Å². The van der Waals surface area contributed by atoms with E-state index in [4.69, 9.17) is 0 Å². The summed E-state index contributed by atoms with van der Waals surface area (Å²) < 4.78 is 0. The molecule has 0 aromatic carbocycles. The van der Waals surface area contributed by atoms with Crippen molar-refractivity contribution < 1.29 is 0 Å². The smallest absolute Gasteiger partial charge is 0.0940 e. The van der Waals surface area contributed by atoms with Crippen molar-refractivity contribution in [2.45, 2.75) is 58.9 Å². The molecule has 2 rings (SSSR count). The van der Waals surface area contributed by atoms with Crippen LogP contribution in [0.2, 0.25) is 0 Å². The van der Waals surface area contributed by atoms with Crippen molar-refractivity contribution in [2.24, 2.45) is 11.8 Å². The summed E-state index contributed by atoms with van der Waals surface area (Å²) >= 11 is 1.79. The normalized spacial score (nSPS) is 24.7. The van der Waals surface area contributed by atoms with Gasteiger partial charge in [0, 0.05) is 30.1 Å². The second-order valence-corrected chi connectivity index (χ2v) is 6.90. The Hall–Kier alpha value is -0.410. The van der Waals surface area contributed by atoms with Crippen molar-refractivity contribution in [3.8, 4) is 0 Å². The van der Waals surface area contributed by atoms with Crippen LogP contribution < -0.4 is 5.32 Å². The van der Waals surface area contributed by atoms with E-state index in [0.29, 0.717) is 0 Å². The van der Waals surface area contributed by atoms with Gasteiger partial charge in [-0.1, -0.05) is 26.7 Å². The van der Waals surface area contributed by atoms with Crippen molar-refractivity contribution >= 4 is 11.3 Å². The molecule has 2 unspecified atom stereocenters. The Morgan fingerprint density at radius 1 is 1.44 bits per heavy atom. The summed E-state index contributed by atoms with van der Waals surface area (Å²) in [7, 11) is 0. The van der Waals surface area contributed by atoms with E-state index >= 15 is 0 Å². The monoisotopic (exact) mass is 266 g/mol. The van der Waals surface area contributed by atoms with Crippen LogP contribution in [0.4, 0.5) is 0 Å². The van der Waals surface area contributed by atoms with Crippen LogP contribution >= 0.6 is 11.3 Å². The lowest BCUT2D eigenvalue weighted by molar-refractivity contribution is 0.232. The average Bonchev–Trinajstić information content (AvgIpc) is 2.75. The molecule has 1 aromatic rings. The third-order valence-corrected chi connectivity index (χ3v) is 5.12. The number of aryl methyl sites for hydroxylation is 1. The molecule has 1 aliphatic rings. The average molecular weight is 266 g/mol. The number of nitrogens with one attached hydrogen (secondary N) is 1. The van der Waals surface area contributed by atoms with Gasteiger partial charge < -0.3 is 5.32 Å². The minimum atomic E-state index is 0.743. The second-order valence-electron chi connectivity index (χ2n) is 5.95. The fourth-order valence-corrected chi connectivity index (χ4v) is 3.70. The number of rotatable bonds is 5. The van der Waals surface area contributed by atoms with Gasteiger partial charge in [0.05, 0.1) is 5.01 Å². The number of hydrogen-bond acceptors (Lipinski definition) is 3. The molecular formula is C15H26N2S. The molecule has 3 heteroatoms. The Labute approximate surface area is 115 Å². The third-order valence-electron chi connectivity index (χ3n) is 4.10. The lowest BCUT2D eigenvalue weighted by Crippen LogP contribution is -2.36.